The average molecular weight is 371 g/mol. The van der Waals surface area contributed by atoms with E-state index in [4.69, 9.17) is 0 Å². The molecular weight excluding hydrogens is 347 g/mol. The lowest BCUT2D eigenvalue weighted by molar-refractivity contribution is -0.140. The minimum Gasteiger partial charge on any atom is -0.469 e. The van der Waals surface area contributed by atoms with Crippen LogP contribution >= 0.6 is 0 Å². The first-order valence-corrected chi connectivity index (χ1v) is 8.50. The lowest BCUT2D eigenvalue weighted by atomic mass is 9.64. The molecule has 8 heteroatoms. The Morgan fingerprint density at radius 1 is 1.31 bits per heavy atom. The number of halogens is 3. The number of rotatable bonds is 6. The Balaban J connectivity index is 2.01. The van der Waals surface area contributed by atoms with Crippen LogP contribution in [0.15, 0.2) is 29.3 Å². The number of hydrogen-bond donors (Lipinski definition) is 2. The number of nitrogens with zero attached hydrogens (tertiary/aromatic N) is 1. The van der Waals surface area contributed by atoms with Crippen LogP contribution in [0.4, 0.5) is 13.2 Å². The second kappa shape index (κ2) is 8.42. The molecule has 2 rings (SSSR count). The monoisotopic (exact) mass is 371 g/mol. The fraction of sp³-hybridized carbons (Fsp3) is 0.556. The first kappa shape index (κ1) is 20.1. The molecule has 1 aromatic carbocycles. The summed E-state index contributed by atoms with van der Waals surface area (Å²) < 4.78 is 43.6. The summed E-state index contributed by atoms with van der Waals surface area (Å²) in [6, 6.07) is 5.55. The van der Waals surface area contributed by atoms with Crippen molar-refractivity contribution in [3.8, 4) is 0 Å². The molecule has 0 bridgehead atoms. The third-order valence-electron chi connectivity index (χ3n) is 4.78. The molecule has 0 aliphatic heterocycles. The molecule has 0 aromatic heterocycles. The van der Waals surface area contributed by atoms with E-state index >= 15 is 0 Å². The van der Waals surface area contributed by atoms with Gasteiger partial charge in [0.2, 0.25) is 0 Å². The number of guanidine groups is 1. The molecule has 0 heterocycles. The smallest absolute Gasteiger partial charge is 0.416 e. The zero-order valence-corrected chi connectivity index (χ0v) is 14.9. The van der Waals surface area contributed by atoms with Crippen LogP contribution in [0.3, 0.4) is 0 Å². The molecule has 1 fully saturated rings. The minimum absolute atomic E-state index is 0.204. The van der Waals surface area contributed by atoms with Gasteiger partial charge >= 0.3 is 12.1 Å². The number of carbonyl (C=O) groups excluding carboxylic acids is 1. The van der Waals surface area contributed by atoms with Crippen LogP contribution < -0.4 is 10.6 Å². The quantitative estimate of drug-likeness (QED) is 0.459. The SMILES string of the molecule is CN=C(NCCC(=O)OC)NCC1(c2cccc(C(F)(F)F)c2)CCC1. The molecule has 1 aliphatic rings. The maximum Gasteiger partial charge on any atom is 0.416 e. The predicted octanol–water partition coefficient (Wildman–Crippen LogP) is 2.86. The summed E-state index contributed by atoms with van der Waals surface area (Å²) in [5.74, 6) is 0.180. The Bertz CT molecular complexity index is 655. The van der Waals surface area contributed by atoms with E-state index in [0.29, 0.717) is 24.6 Å². The molecule has 1 saturated carbocycles. The predicted molar refractivity (Wildman–Crippen MR) is 93.0 cm³/mol. The summed E-state index contributed by atoms with van der Waals surface area (Å²) in [5, 5.41) is 6.17. The lowest BCUT2D eigenvalue weighted by Crippen LogP contribution is -2.49. The number of aliphatic imine (C=N–C) groups is 1. The summed E-state index contributed by atoms with van der Waals surface area (Å²) in [6.45, 7) is 0.842. The van der Waals surface area contributed by atoms with Gasteiger partial charge < -0.3 is 15.4 Å². The summed E-state index contributed by atoms with van der Waals surface area (Å²) >= 11 is 0. The van der Waals surface area contributed by atoms with Crippen molar-refractivity contribution in [1.82, 2.24) is 10.6 Å². The van der Waals surface area contributed by atoms with E-state index in [9.17, 15) is 18.0 Å². The summed E-state index contributed by atoms with van der Waals surface area (Å²) in [6.07, 6.45) is -1.52. The molecule has 0 atom stereocenters. The van der Waals surface area contributed by atoms with Gasteiger partial charge in [0.1, 0.15) is 0 Å². The lowest BCUT2D eigenvalue weighted by Gasteiger charge is -2.43. The van der Waals surface area contributed by atoms with Crippen molar-refractivity contribution in [2.75, 3.05) is 27.2 Å². The summed E-state index contributed by atoms with van der Waals surface area (Å²) in [7, 11) is 2.93. The molecule has 0 unspecified atom stereocenters. The topological polar surface area (TPSA) is 62.7 Å². The standard InChI is InChI=1S/C18H24F3N3O2/c1-22-16(23-10-7-15(25)26-2)24-12-17(8-4-9-17)13-5-3-6-14(11-13)18(19,20)21/h3,5-6,11H,4,7-10,12H2,1-2H3,(H2,22,23,24). The van der Waals surface area contributed by atoms with Crippen LogP contribution in [-0.4, -0.2) is 39.2 Å². The number of nitrogens with one attached hydrogen (secondary N) is 2. The van der Waals surface area contributed by atoms with Crippen molar-refractivity contribution in [2.45, 2.75) is 37.3 Å². The number of benzene rings is 1. The van der Waals surface area contributed by atoms with Crippen molar-refractivity contribution < 1.29 is 22.7 Å². The molecule has 144 valence electrons. The molecule has 0 amide bonds. The Labute approximate surface area is 151 Å². The van der Waals surface area contributed by atoms with E-state index in [1.165, 1.54) is 19.2 Å². The van der Waals surface area contributed by atoms with Crippen LogP contribution in [-0.2, 0) is 21.1 Å². The first-order chi connectivity index (χ1) is 12.3. The molecule has 0 saturated heterocycles. The van der Waals surface area contributed by atoms with Gasteiger partial charge in [-0.1, -0.05) is 24.6 Å². The van der Waals surface area contributed by atoms with Gasteiger partial charge in [-0.25, -0.2) is 0 Å². The van der Waals surface area contributed by atoms with E-state index in [-0.39, 0.29) is 17.8 Å². The molecule has 0 radical (unpaired) electrons. The average Bonchev–Trinajstić information content (AvgIpc) is 2.58. The Morgan fingerprint density at radius 3 is 2.58 bits per heavy atom. The van der Waals surface area contributed by atoms with E-state index < -0.39 is 11.7 Å². The third kappa shape index (κ3) is 4.89. The van der Waals surface area contributed by atoms with Crippen LogP contribution in [0.5, 0.6) is 0 Å². The summed E-state index contributed by atoms with van der Waals surface area (Å²) in [5.41, 5.74) is -0.265. The highest BCUT2D eigenvalue weighted by Crippen LogP contribution is 2.44. The maximum atomic E-state index is 13.0. The molecule has 0 spiro atoms. The Morgan fingerprint density at radius 2 is 2.04 bits per heavy atom. The second-order valence-electron chi connectivity index (χ2n) is 6.39. The number of alkyl halides is 3. The molecule has 5 nitrogen and oxygen atoms in total. The Kier molecular flexibility index (Phi) is 6.50. The van der Waals surface area contributed by atoms with Crippen molar-refractivity contribution in [2.24, 2.45) is 4.99 Å². The van der Waals surface area contributed by atoms with Gasteiger partial charge in [0.15, 0.2) is 5.96 Å². The Hall–Kier alpha value is -2.25. The van der Waals surface area contributed by atoms with Gasteiger partial charge in [0.05, 0.1) is 19.1 Å². The number of ether oxygens (including phenoxy) is 1. The van der Waals surface area contributed by atoms with E-state index in [1.54, 1.807) is 13.1 Å². The highest BCUT2D eigenvalue weighted by Gasteiger charge is 2.40. The highest BCUT2D eigenvalue weighted by molar-refractivity contribution is 5.80. The van der Waals surface area contributed by atoms with Crippen molar-refractivity contribution in [1.29, 1.82) is 0 Å². The summed E-state index contributed by atoms with van der Waals surface area (Å²) in [4.78, 5) is 15.2. The third-order valence-corrected chi connectivity index (χ3v) is 4.78. The fourth-order valence-electron chi connectivity index (χ4n) is 3.06. The van der Waals surface area contributed by atoms with E-state index in [0.717, 1.165) is 25.3 Å². The number of carbonyl (C=O) groups is 1. The van der Waals surface area contributed by atoms with Crippen LogP contribution in [0.2, 0.25) is 0 Å². The van der Waals surface area contributed by atoms with E-state index in [2.05, 4.69) is 20.4 Å². The molecule has 26 heavy (non-hydrogen) atoms. The zero-order chi connectivity index (χ0) is 19.2. The van der Waals surface area contributed by atoms with E-state index in [1.807, 2.05) is 0 Å². The normalized spacial score (nSPS) is 16.6. The molecule has 1 aliphatic carbocycles. The van der Waals surface area contributed by atoms with Crippen molar-refractivity contribution >= 4 is 11.9 Å². The zero-order valence-electron chi connectivity index (χ0n) is 14.9. The van der Waals surface area contributed by atoms with Gasteiger partial charge in [-0.05, 0) is 24.5 Å². The maximum absolute atomic E-state index is 13.0. The molecule has 2 N–H and O–H groups in total. The van der Waals surface area contributed by atoms with Crippen LogP contribution in [0, 0.1) is 0 Å². The first-order valence-electron chi connectivity index (χ1n) is 8.50. The second-order valence-corrected chi connectivity index (χ2v) is 6.39. The van der Waals surface area contributed by atoms with Crippen molar-refractivity contribution in [3.63, 3.8) is 0 Å². The number of hydrogen-bond acceptors (Lipinski definition) is 3. The van der Waals surface area contributed by atoms with Crippen molar-refractivity contribution in [3.05, 3.63) is 35.4 Å². The molecule has 1 aromatic rings. The van der Waals surface area contributed by atoms with Gasteiger partial charge in [0, 0.05) is 25.6 Å². The van der Waals surface area contributed by atoms with Crippen LogP contribution in [0.1, 0.15) is 36.8 Å². The number of esters is 1. The fourth-order valence-corrected chi connectivity index (χ4v) is 3.06. The minimum atomic E-state index is -4.35. The van der Waals surface area contributed by atoms with Gasteiger partial charge in [-0.3, -0.25) is 9.79 Å². The highest BCUT2D eigenvalue weighted by atomic mass is 19.4. The van der Waals surface area contributed by atoms with Gasteiger partial charge in [-0.15, -0.1) is 0 Å². The molecular formula is C18H24F3N3O2. The van der Waals surface area contributed by atoms with Gasteiger partial charge in [0.25, 0.3) is 0 Å². The largest absolute Gasteiger partial charge is 0.469 e. The number of methoxy groups -OCH3 is 1. The van der Waals surface area contributed by atoms with Crippen LogP contribution in [0.25, 0.3) is 0 Å². The van der Waals surface area contributed by atoms with Gasteiger partial charge in [-0.2, -0.15) is 13.2 Å².